The Morgan fingerprint density at radius 3 is 2.81 bits per heavy atom. The third kappa shape index (κ3) is 2.78. The predicted molar refractivity (Wildman–Crippen MR) is 77.3 cm³/mol. The van der Waals surface area contributed by atoms with Gasteiger partial charge in [0.2, 0.25) is 0 Å². The molecule has 1 aliphatic heterocycles. The van der Waals surface area contributed by atoms with E-state index in [-0.39, 0.29) is 17.6 Å². The fraction of sp³-hybridized carbons (Fsp3) is 0.643. The summed E-state index contributed by atoms with van der Waals surface area (Å²) in [5.41, 5.74) is 0.466. The Labute approximate surface area is 123 Å². The molecule has 0 bridgehead atoms. The number of nitrogens with zero attached hydrogens (tertiary/aromatic N) is 3. The summed E-state index contributed by atoms with van der Waals surface area (Å²) in [4.78, 5) is 25.0. The van der Waals surface area contributed by atoms with Crippen LogP contribution in [0.5, 0.6) is 0 Å². The first-order valence-electron chi connectivity index (χ1n) is 7.43. The smallest absolute Gasteiger partial charge is 0.287 e. The van der Waals surface area contributed by atoms with Crippen molar-refractivity contribution in [1.82, 2.24) is 14.8 Å². The fourth-order valence-electron chi connectivity index (χ4n) is 2.95. The Bertz CT molecular complexity index is 565. The van der Waals surface area contributed by atoms with Crippen LogP contribution in [0.2, 0.25) is 0 Å². The van der Waals surface area contributed by atoms with Gasteiger partial charge in [-0.05, 0) is 32.7 Å². The maximum absolute atomic E-state index is 12.7. The number of likely N-dealkylation sites (tertiary alicyclic amines) is 1. The van der Waals surface area contributed by atoms with Gasteiger partial charge in [0.05, 0.1) is 11.1 Å². The molecular weight excluding hydrogens is 272 g/mol. The molecule has 114 valence electrons. The highest BCUT2D eigenvalue weighted by Gasteiger charge is 2.33. The number of piperidine rings is 1. The molecule has 2 heterocycles. The minimum atomic E-state index is -0.428. The third-order valence-electron chi connectivity index (χ3n) is 4.32. The van der Waals surface area contributed by atoms with Crippen molar-refractivity contribution in [2.24, 2.45) is 0 Å². The summed E-state index contributed by atoms with van der Waals surface area (Å²) >= 11 is 0. The molecule has 2 aliphatic rings. The van der Waals surface area contributed by atoms with Gasteiger partial charge in [-0.3, -0.25) is 14.9 Å². The van der Waals surface area contributed by atoms with Gasteiger partial charge in [0.15, 0.2) is 0 Å². The second-order valence-corrected chi connectivity index (χ2v) is 5.86. The normalized spacial score (nSPS) is 22.3. The largest absolute Gasteiger partial charge is 0.336 e. The van der Waals surface area contributed by atoms with Crippen LogP contribution in [0.4, 0.5) is 5.69 Å². The summed E-state index contributed by atoms with van der Waals surface area (Å²) < 4.78 is 1.80. The number of aromatic nitrogens is 1. The maximum Gasteiger partial charge on any atom is 0.287 e. The van der Waals surface area contributed by atoms with Gasteiger partial charge in [-0.1, -0.05) is 0 Å². The highest BCUT2D eigenvalue weighted by atomic mass is 16.6. The number of hydrogen-bond acceptors (Lipinski definition) is 4. The number of hydrogen-bond donors (Lipinski definition) is 1. The minimum Gasteiger partial charge on any atom is -0.336 e. The van der Waals surface area contributed by atoms with Crippen molar-refractivity contribution < 1.29 is 9.72 Å². The molecule has 1 unspecified atom stereocenters. The van der Waals surface area contributed by atoms with Crippen LogP contribution in [-0.4, -0.2) is 46.5 Å². The highest BCUT2D eigenvalue weighted by Crippen LogP contribution is 2.38. The molecule has 0 radical (unpaired) electrons. The van der Waals surface area contributed by atoms with Gasteiger partial charge in [0.25, 0.3) is 11.6 Å². The lowest BCUT2D eigenvalue weighted by Gasteiger charge is -2.32. The molecule has 2 fully saturated rings. The number of rotatable bonds is 4. The van der Waals surface area contributed by atoms with E-state index in [0.29, 0.717) is 18.3 Å². The molecule has 1 saturated heterocycles. The van der Waals surface area contributed by atoms with E-state index in [2.05, 4.69) is 5.32 Å². The van der Waals surface area contributed by atoms with Crippen molar-refractivity contribution in [3.8, 4) is 0 Å². The Balaban J connectivity index is 1.84. The molecule has 1 aromatic rings. The van der Waals surface area contributed by atoms with Crippen molar-refractivity contribution >= 4 is 11.6 Å². The molecule has 7 heteroatoms. The monoisotopic (exact) mass is 292 g/mol. The lowest BCUT2D eigenvalue weighted by molar-refractivity contribution is -0.384. The van der Waals surface area contributed by atoms with Crippen LogP contribution in [0.1, 0.15) is 42.2 Å². The molecule has 1 saturated carbocycles. The number of nitrogens with one attached hydrogen (secondary N) is 1. The average Bonchev–Trinajstić information content (AvgIpc) is 3.24. The van der Waals surface area contributed by atoms with Crippen molar-refractivity contribution in [3.63, 3.8) is 0 Å². The van der Waals surface area contributed by atoms with Crippen LogP contribution in [-0.2, 0) is 0 Å². The summed E-state index contributed by atoms with van der Waals surface area (Å²) in [7, 11) is 1.90. The lowest BCUT2D eigenvalue weighted by atomic mass is 10.1. The van der Waals surface area contributed by atoms with Gasteiger partial charge in [-0.2, -0.15) is 0 Å². The Morgan fingerprint density at radius 2 is 2.19 bits per heavy atom. The van der Waals surface area contributed by atoms with Crippen LogP contribution >= 0.6 is 0 Å². The van der Waals surface area contributed by atoms with E-state index in [1.165, 1.54) is 12.3 Å². The molecule has 7 nitrogen and oxygen atoms in total. The molecule has 1 aliphatic carbocycles. The van der Waals surface area contributed by atoms with Gasteiger partial charge in [-0.25, -0.2) is 0 Å². The van der Waals surface area contributed by atoms with Gasteiger partial charge >= 0.3 is 0 Å². The van der Waals surface area contributed by atoms with Gasteiger partial charge in [0, 0.05) is 31.2 Å². The van der Waals surface area contributed by atoms with E-state index in [4.69, 9.17) is 0 Å². The first-order chi connectivity index (χ1) is 10.1. The van der Waals surface area contributed by atoms with E-state index in [1.54, 1.807) is 4.57 Å². The number of carbonyl (C=O) groups is 1. The van der Waals surface area contributed by atoms with Crippen LogP contribution in [0.15, 0.2) is 12.3 Å². The zero-order valence-corrected chi connectivity index (χ0v) is 12.1. The Hall–Kier alpha value is -1.89. The van der Waals surface area contributed by atoms with Gasteiger partial charge in [-0.15, -0.1) is 0 Å². The summed E-state index contributed by atoms with van der Waals surface area (Å²) in [6.07, 6.45) is 5.51. The van der Waals surface area contributed by atoms with Crippen LogP contribution in [0, 0.1) is 10.1 Å². The first-order valence-corrected chi connectivity index (χ1v) is 7.43. The van der Waals surface area contributed by atoms with Gasteiger partial charge in [0.1, 0.15) is 5.69 Å². The second-order valence-electron chi connectivity index (χ2n) is 5.86. The SMILES string of the molecule is CNC1CCCN(C(=O)c2cc([N+](=O)[O-])cn2C2CC2)C1. The number of carbonyl (C=O) groups excluding carboxylic acids is 1. The Kier molecular flexibility index (Phi) is 3.67. The molecule has 21 heavy (non-hydrogen) atoms. The van der Waals surface area contributed by atoms with E-state index < -0.39 is 4.92 Å². The summed E-state index contributed by atoms with van der Waals surface area (Å²) in [5.74, 6) is -0.0880. The van der Waals surface area contributed by atoms with E-state index in [1.807, 2.05) is 11.9 Å². The zero-order valence-electron chi connectivity index (χ0n) is 12.1. The van der Waals surface area contributed by atoms with Crippen molar-refractivity contribution in [3.05, 3.63) is 28.1 Å². The standard InChI is InChI=1S/C14H20N4O3/c1-15-10-3-2-6-16(8-10)14(19)13-7-12(18(20)21)9-17(13)11-4-5-11/h7,9-11,15H,2-6,8H2,1H3. The zero-order chi connectivity index (χ0) is 15.0. The molecular formula is C14H20N4O3. The number of likely N-dealkylation sites (N-methyl/N-ethyl adjacent to an activating group) is 1. The van der Waals surface area contributed by atoms with Crippen molar-refractivity contribution in [2.75, 3.05) is 20.1 Å². The number of nitro groups is 1. The number of amides is 1. The van der Waals surface area contributed by atoms with E-state index in [9.17, 15) is 14.9 Å². The molecule has 0 aromatic carbocycles. The molecule has 1 amide bonds. The molecule has 0 spiro atoms. The fourth-order valence-corrected chi connectivity index (χ4v) is 2.95. The van der Waals surface area contributed by atoms with Crippen LogP contribution in [0.3, 0.4) is 0 Å². The molecule has 1 N–H and O–H groups in total. The summed E-state index contributed by atoms with van der Waals surface area (Å²) in [6, 6.07) is 1.98. The van der Waals surface area contributed by atoms with E-state index >= 15 is 0 Å². The lowest BCUT2D eigenvalue weighted by Crippen LogP contribution is -2.47. The van der Waals surface area contributed by atoms with Crippen molar-refractivity contribution in [1.29, 1.82) is 0 Å². The molecule has 1 atom stereocenters. The van der Waals surface area contributed by atoms with Crippen molar-refractivity contribution in [2.45, 2.75) is 37.8 Å². The topological polar surface area (TPSA) is 80.4 Å². The summed E-state index contributed by atoms with van der Waals surface area (Å²) in [6.45, 7) is 1.39. The molecule has 3 rings (SSSR count). The third-order valence-corrected chi connectivity index (χ3v) is 4.32. The molecule has 1 aromatic heterocycles. The second kappa shape index (κ2) is 5.48. The van der Waals surface area contributed by atoms with Crippen LogP contribution < -0.4 is 5.32 Å². The highest BCUT2D eigenvalue weighted by molar-refractivity contribution is 5.93. The van der Waals surface area contributed by atoms with E-state index in [0.717, 1.165) is 32.2 Å². The van der Waals surface area contributed by atoms with Gasteiger partial charge < -0.3 is 14.8 Å². The Morgan fingerprint density at radius 1 is 1.43 bits per heavy atom. The van der Waals surface area contributed by atoms with Crippen LogP contribution in [0.25, 0.3) is 0 Å². The first kappa shape index (κ1) is 14.1. The quantitative estimate of drug-likeness (QED) is 0.674. The summed E-state index contributed by atoms with van der Waals surface area (Å²) in [5, 5.41) is 14.2. The maximum atomic E-state index is 12.7. The predicted octanol–water partition coefficient (Wildman–Crippen LogP) is 1.56. The minimum absolute atomic E-state index is 0.00688. The average molecular weight is 292 g/mol.